The summed E-state index contributed by atoms with van der Waals surface area (Å²) in [4.78, 5) is 29.1. The predicted octanol–water partition coefficient (Wildman–Crippen LogP) is 2.09. The van der Waals surface area contributed by atoms with E-state index < -0.39 is 0 Å². The molecule has 2 amide bonds. The summed E-state index contributed by atoms with van der Waals surface area (Å²) in [6.07, 6.45) is 4.14. The number of piperazine rings is 1. The van der Waals surface area contributed by atoms with Crippen molar-refractivity contribution < 1.29 is 9.59 Å². The number of rotatable bonds is 3. The van der Waals surface area contributed by atoms with Gasteiger partial charge in [-0.05, 0) is 38.2 Å². The van der Waals surface area contributed by atoms with E-state index in [0.29, 0.717) is 25.3 Å². The Hall–Kier alpha value is -2.63. The fraction of sp³-hybridized carbons (Fsp3) is 0.476. The lowest BCUT2D eigenvalue weighted by atomic mass is 9.95. The third kappa shape index (κ3) is 3.48. The van der Waals surface area contributed by atoms with Crippen LogP contribution in [0.25, 0.3) is 0 Å². The molecule has 6 nitrogen and oxygen atoms in total. The van der Waals surface area contributed by atoms with Gasteiger partial charge in [0.15, 0.2) is 5.69 Å². The van der Waals surface area contributed by atoms with Crippen molar-refractivity contribution in [2.24, 2.45) is 7.05 Å². The highest BCUT2D eigenvalue weighted by Crippen LogP contribution is 2.25. The van der Waals surface area contributed by atoms with E-state index in [0.717, 1.165) is 36.8 Å². The fourth-order valence-electron chi connectivity index (χ4n) is 4.06. The third-order valence-corrected chi connectivity index (χ3v) is 5.67. The summed E-state index contributed by atoms with van der Waals surface area (Å²) in [5.74, 6) is -0.0999. The van der Waals surface area contributed by atoms with Crippen molar-refractivity contribution in [2.45, 2.75) is 39.2 Å². The number of aromatic nitrogens is 2. The summed E-state index contributed by atoms with van der Waals surface area (Å²) >= 11 is 0. The number of amides is 2. The Morgan fingerprint density at radius 2 is 1.85 bits per heavy atom. The van der Waals surface area contributed by atoms with Crippen LogP contribution in [0.1, 0.15) is 45.7 Å². The Kier molecular flexibility index (Phi) is 4.72. The number of nitrogens with zero attached hydrogens (tertiary/aromatic N) is 4. The summed E-state index contributed by atoms with van der Waals surface area (Å²) in [5, 5.41) is 4.49. The lowest BCUT2D eigenvalue weighted by molar-refractivity contribution is -0.135. The zero-order valence-corrected chi connectivity index (χ0v) is 16.1. The van der Waals surface area contributed by atoms with E-state index >= 15 is 0 Å². The quantitative estimate of drug-likeness (QED) is 0.836. The molecule has 1 aliphatic heterocycles. The van der Waals surface area contributed by atoms with Gasteiger partial charge >= 0.3 is 0 Å². The SMILES string of the molecule is Cc1ccc(CN2CCN(C(=O)c3nn(C)c4c3CCCC4)CC2=O)cc1. The third-order valence-electron chi connectivity index (χ3n) is 5.67. The van der Waals surface area contributed by atoms with Gasteiger partial charge in [-0.1, -0.05) is 29.8 Å². The second-order valence-electron chi connectivity index (χ2n) is 7.63. The Morgan fingerprint density at radius 1 is 1.11 bits per heavy atom. The van der Waals surface area contributed by atoms with Gasteiger partial charge in [-0.25, -0.2) is 0 Å². The van der Waals surface area contributed by atoms with E-state index in [4.69, 9.17) is 0 Å². The van der Waals surface area contributed by atoms with Crippen LogP contribution in [0.15, 0.2) is 24.3 Å². The maximum absolute atomic E-state index is 13.0. The predicted molar refractivity (Wildman–Crippen MR) is 102 cm³/mol. The number of fused-ring (bicyclic) bond motifs is 1. The molecule has 2 aliphatic rings. The highest BCUT2D eigenvalue weighted by atomic mass is 16.2. The van der Waals surface area contributed by atoms with Crippen LogP contribution in [0.2, 0.25) is 0 Å². The minimum Gasteiger partial charge on any atom is -0.335 e. The maximum Gasteiger partial charge on any atom is 0.275 e. The minimum atomic E-state index is -0.0999. The topological polar surface area (TPSA) is 58.4 Å². The van der Waals surface area contributed by atoms with Crippen molar-refractivity contribution >= 4 is 11.8 Å². The zero-order valence-electron chi connectivity index (χ0n) is 16.1. The van der Waals surface area contributed by atoms with E-state index in [1.165, 1.54) is 11.3 Å². The number of carbonyl (C=O) groups excluding carboxylic acids is 2. The molecule has 27 heavy (non-hydrogen) atoms. The summed E-state index contributed by atoms with van der Waals surface area (Å²) in [5.41, 5.74) is 5.14. The van der Waals surface area contributed by atoms with Gasteiger partial charge in [-0.2, -0.15) is 5.10 Å². The van der Waals surface area contributed by atoms with Crippen molar-refractivity contribution in [1.82, 2.24) is 19.6 Å². The molecule has 4 rings (SSSR count). The van der Waals surface area contributed by atoms with E-state index in [1.807, 2.05) is 16.6 Å². The standard InChI is InChI=1S/C21H26N4O2/c1-15-7-9-16(10-8-15)13-24-11-12-25(14-19(24)26)21(27)20-17-5-3-4-6-18(17)23(2)22-20/h7-10H,3-6,11-14H2,1-2H3. The second-order valence-corrected chi connectivity index (χ2v) is 7.63. The van der Waals surface area contributed by atoms with Gasteiger partial charge in [0.1, 0.15) is 6.54 Å². The van der Waals surface area contributed by atoms with Gasteiger partial charge < -0.3 is 9.80 Å². The Labute approximate surface area is 159 Å². The van der Waals surface area contributed by atoms with E-state index in [2.05, 4.69) is 36.3 Å². The molecule has 142 valence electrons. The summed E-state index contributed by atoms with van der Waals surface area (Å²) < 4.78 is 1.84. The molecule has 2 heterocycles. The van der Waals surface area contributed by atoms with Crippen LogP contribution in [0.3, 0.4) is 0 Å². The van der Waals surface area contributed by atoms with Crippen molar-refractivity contribution in [3.8, 4) is 0 Å². The number of carbonyl (C=O) groups is 2. The Bertz CT molecular complexity index is 869. The zero-order chi connectivity index (χ0) is 19.0. The van der Waals surface area contributed by atoms with Crippen LogP contribution in [-0.4, -0.2) is 51.0 Å². The van der Waals surface area contributed by atoms with Crippen LogP contribution in [0.5, 0.6) is 0 Å². The second kappa shape index (κ2) is 7.18. The monoisotopic (exact) mass is 366 g/mol. The summed E-state index contributed by atoms with van der Waals surface area (Å²) in [6, 6.07) is 8.23. The van der Waals surface area contributed by atoms with Gasteiger partial charge in [-0.3, -0.25) is 14.3 Å². The van der Waals surface area contributed by atoms with Crippen LogP contribution < -0.4 is 0 Å². The molecule has 0 saturated carbocycles. The molecule has 0 bridgehead atoms. The van der Waals surface area contributed by atoms with E-state index in [-0.39, 0.29) is 18.4 Å². The molecule has 2 aromatic rings. The molecule has 1 aromatic carbocycles. The molecule has 0 N–H and O–H groups in total. The van der Waals surface area contributed by atoms with Gasteiger partial charge in [-0.15, -0.1) is 0 Å². The van der Waals surface area contributed by atoms with Crippen LogP contribution in [0.4, 0.5) is 0 Å². The van der Waals surface area contributed by atoms with Crippen LogP contribution in [-0.2, 0) is 31.2 Å². The molecule has 0 radical (unpaired) electrons. The number of aryl methyl sites for hydroxylation is 2. The average Bonchev–Trinajstić information content (AvgIpc) is 3.01. The van der Waals surface area contributed by atoms with E-state index in [1.54, 1.807) is 4.90 Å². The van der Waals surface area contributed by atoms with Crippen molar-refractivity contribution in [3.63, 3.8) is 0 Å². The lowest BCUT2D eigenvalue weighted by Crippen LogP contribution is -2.52. The molecule has 6 heteroatoms. The van der Waals surface area contributed by atoms with E-state index in [9.17, 15) is 9.59 Å². The fourth-order valence-corrected chi connectivity index (χ4v) is 4.06. The van der Waals surface area contributed by atoms with Gasteiger partial charge in [0.2, 0.25) is 5.91 Å². The smallest absolute Gasteiger partial charge is 0.275 e. The first-order chi connectivity index (χ1) is 13.0. The number of benzene rings is 1. The molecular formula is C21H26N4O2. The first-order valence-corrected chi connectivity index (χ1v) is 9.70. The Balaban J connectivity index is 1.44. The largest absolute Gasteiger partial charge is 0.335 e. The van der Waals surface area contributed by atoms with Crippen LogP contribution >= 0.6 is 0 Å². The minimum absolute atomic E-state index is 0.0000243. The van der Waals surface area contributed by atoms with Crippen molar-refractivity contribution in [2.75, 3.05) is 19.6 Å². The van der Waals surface area contributed by atoms with Gasteiger partial charge in [0.25, 0.3) is 5.91 Å². The molecule has 1 aliphatic carbocycles. The molecular weight excluding hydrogens is 340 g/mol. The van der Waals surface area contributed by atoms with Crippen molar-refractivity contribution in [1.29, 1.82) is 0 Å². The molecule has 0 unspecified atom stereocenters. The van der Waals surface area contributed by atoms with Crippen molar-refractivity contribution in [3.05, 3.63) is 52.3 Å². The van der Waals surface area contributed by atoms with Gasteiger partial charge in [0, 0.05) is 37.9 Å². The molecule has 1 aromatic heterocycles. The molecule has 0 spiro atoms. The highest BCUT2D eigenvalue weighted by Gasteiger charge is 2.32. The van der Waals surface area contributed by atoms with Gasteiger partial charge in [0.05, 0.1) is 0 Å². The Morgan fingerprint density at radius 3 is 2.59 bits per heavy atom. The number of hydrogen-bond acceptors (Lipinski definition) is 3. The first kappa shape index (κ1) is 17.8. The summed E-state index contributed by atoms with van der Waals surface area (Å²) in [6.45, 7) is 3.90. The molecule has 1 fully saturated rings. The lowest BCUT2D eigenvalue weighted by Gasteiger charge is -2.34. The molecule has 0 atom stereocenters. The number of hydrogen-bond donors (Lipinski definition) is 0. The molecule has 1 saturated heterocycles. The normalized spacial score (nSPS) is 17.2. The summed E-state index contributed by atoms with van der Waals surface area (Å²) in [7, 11) is 1.91. The maximum atomic E-state index is 13.0. The van der Waals surface area contributed by atoms with Crippen LogP contribution in [0, 0.1) is 6.92 Å². The average molecular weight is 366 g/mol. The first-order valence-electron chi connectivity index (χ1n) is 9.70. The highest BCUT2D eigenvalue weighted by molar-refractivity contribution is 5.97.